The van der Waals surface area contributed by atoms with E-state index in [1.807, 2.05) is 0 Å². The molecule has 1 spiro atoms. The van der Waals surface area contributed by atoms with Crippen LogP contribution >= 0.6 is 0 Å². The van der Waals surface area contributed by atoms with Crippen molar-refractivity contribution in [1.29, 1.82) is 0 Å². The van der Waals surface area contributed by atoms with Crippen LogP contribution in [0.2, 0.25) is 0 Å². The molecule has 2 rings (SSSR count). The van der Waals surface area contributed by atoms with Gasteiger partial charge in [0, 0.05) is 23.9 Å². The van der Waals surface area contributed by atoms with E-state index in [0.29, 0.717) is 13.2 Å². The summed E-state index contributed by atoms with van der Waals surface area (Å²) in [6, 6.07) is 0. The Hall–Kier alpha value is -1.11. The van der Waals surface area contributed by atoms with Crippen LogP contribution in [0.3, 0.4) is 0 Å². The molecular formula is C25H45NO5. The Bertz CT molecular complexity index is 583. The van der Waals surface area contributed by atoms with E-state index in [9.17, 15) is 4.79 Å². The van der Waals surface area contributed by atoms with Gasteiger partial charge in [0.2, 0.25) is 0 Å². The molecule has 31 heavy (non-hydrogen) atoms. The van der Waals surface area contributed by atoms with Gasteiger partial charge in [0.05, 0.1) is 18.9 Å². The molecule has 0 aromatic heterocycles. The van der Waals surface area contributed by atoms with E-state index in [1.165, 1.54) is 31.6 Å². The Balaban J connectivity index is 1.74. The molecule has 0 N–H and O–H groups in total. The number of hydrogen-bond donors (Lipinski definition) is 0. The standard InChI is InChI=1S/C25H45NO5/c1-8-10-11-12-13-20(9-2)30-22(27)14-15-28-16-21-17-29-25(31-21)18-23(3,4)26(7)24(5,6)19-25/h14-15,20-21H,8-13,16-19H2,1-7H3. The number of carbonyl (C=O) groups is 1. The van der Waals surface area contributed by atoms with E-state index in [-0.39, 0.29) is 29.3 Å². The van der Waals surface area contributed by atoms with Crippen LogP contribution in [-0.4, -0.2) is 60.2 Å². The molecule has 0 aromatic carbocycles. The van der Waals surface area contributed by atoms with E-state index in [0.717, 1.165) is 32.1 Å². The average Bonchev–Trinajstić information content (AvgIpc) is 3.06. The van der Waals surface area contributed by atoms with Crippen LogP contribution in [0.25, 0.3) is 0 Å². The van der Waals surface area contributed by atoms with Gasteiger partial charge in [-0.1, -0.05) is 33.1 Å². The highest BCUT2D eigenvalue weighted by atomic mass is 16.8. The predicted octanol–water partition coefficient (Wildman–Crippen LogP) is 5.20. The number of rotatable bonds is 11. The lowest BCUT2D eigenvalue weighted by Gasteiger charge is -2.56. The first-order chi connectivity index (χ1) is 14.5. The molecule has 2 heterocycles. The number of unbranched alkanes of at least 4 members (excludes halogenated alkanes) is 3. The second-order valence-electron chi connectivity index (χ2n) is 10.5. The number of ether oxygens (including phenoxy) is 4. The zero-order valence-corrected chi connectivity index (χ0v) is 20.9. The monoisotopic (exact) mass is 439 g/mol. The molecule has 0 bridgehead atoms. The zero-order chi connectivity index (χ0) is 23.1. The Labute approximate surface area is 189 Å². The third kappa shape index (κ3) is 7.47. The second-order valence-corrected chi connectivity index (χ2v) is 10.5. The molecule has 0 aliphatic carbocycles. The summed E-state index contributed by atoms with van der Waals surface area (Å²) in [6.07, 6.45) is 10.8. The van der Waals surface area contributed by atoms with Gasteiger partial charge in [-0.15, -0.1) is 0 Å². The molecule has 2 aliphatic rings. The number of hydrogen-bond acceptors (Lipinski definition) is 6. The SMILES string of the molecule is CCCCCCC(CC)OC(=O)C=COCC1COC2(CC(C)(C)N(C)C(C)(C)C2)O1. The van der Waals surface area contributed by atoms with Crippen molar-refractivity contribution < 1.29 is 23.7 Å². The van der Waals surface area contributed by atoms with Crippen LogP contribution in [0.4, 0.5) is 0 Å². The van der Waals surface area contributed by atoms with Crippen LogP contribution in [0.1, 0.15) is 92.9 Å². The first kappa shape index (κ1) is 26.1. The van der Waals surface area contributed by atoms with Crippen molar-refractivity contribution in [2.24, 2.45) is 0 Å². The van der Waals surface area contributed by atoms with Gasteiger partial charge in [0.15, 0.2) is 5.79 Å². The van der Waals surface area contributed by atoms with Crippen LogP contribution in [0, 0.1) is 0 Å². The fourth-order valence-corrected chi connectivity index (χ4v) is 4.94. The van der Waals surface area contributed by atoms with Crippen molar-refractivity contribution in [3.8, 4) is 0 Å². The number of nitrogens with zero attached hydrogens (tertiary/aromatic N) is 1. The summed E-state index contributed by atoms with van der Waals surface area (Å²) in [6.45, 7) is 14.0. The van der Waals surface area contributed by atoms with E-state index in [4.69, 9.17) is 18.9 Å². The summed E-state index contributed by atoms with van der Waals surface area (Å²) in [5.41, 5.74) is -0.0406. The molecule has 6 nitrogen and oxygen atoms in total. The van der Waals surface area contributed by atoms with E-state index in [1.54, 1.807) is 0 Å². The van der Waals surface area contributed by atoms with Gasteiger partial charge < -0.3 is 18.9 Å². The van der Waals surface area contributed by atoms with Gasteiger partial charge in [-0.2, -0.15) is 0 Å². The highest BCUT2D eigenvalue weighted by molar-refractivity contribution is 5.81. The van der Waals surface area contributed by atoms with Gasteiger partial charge in [0.25, 0.3) is 0 Å². The van der Waals surface area contributed by atoms with Crippen molar-refractivity contribution in [2.75, 3.05) is 20.3 Å². The molecule has 6 heteroatoms. The van der Waals surface area contributed by atoms with Gasteiger partial charge in [0.1, 0.15) is 18.8 Å². The maximum Gasteiger partial charge on any atom is 0.334 e. The largest absolute Gasteiger partial charge is 0.498 e. The lowest BCUT2D eigenvalue weighted by molar-refractivity contribution is -0.243. The van der Waals surface area contributed by atoms with E-state index >= 15 is 0 Å². The Morgan fingerprint density at radius 3 is 2.42 bits per heavy atom. The van der Waals surface area contributed by atoms with Crippen LogP contribution in [0.15, 0.2) is 12.3 Å². The Morgan fingerprint density at radius 2 is 1.81 bits per heavy atom. The molecule has 0 amide bonds. The van der Waals surface area contributed by atoms with Gasteiger partial charge in [-0.05, 0) is 54.0 Å². The van der Waals surface area contributed by atoms with Crippen LogP contribution in [-0.2, 0) is 23.7 Å². The molecule has 0 radical (unpaired) electrons. The van der Waals surface area contributed by atoms with Gasteiger partial charge in [-0.3, -0.25) is 4.90 Å². The summed E-state index contributed by atoms with van der Waals surface area (Å²) in [5.74, 6) is -0.913. The lowest BCUT2D eigenvalue weighted by atomic mass is 9.76. The maximum atomic E-state index is 12.1. The van der Waals surface area contributed by atoms with E-state index < -0.39 is 5.79 Å². The molecular weight excluding hydrogens is 394 g/mol. The fourth-order valence-electron chi connectivity index (χ4n) is 4.94. The van der Waals surface area contributed by atoms with Gasteiger partial charge >= 0.3 is 5.97 Å². The maximum absolute atomic E-state index is 12.1. The zero-order valence-electron chi connectivity index (χ0n) is 20.9. The van der Waals surface area contributed by atoms with Crippen molar-refractivity contribution >= 4 is 5.97 Å². The smallest absolute Gasteiger partial charge is 0.334 e. The van der Waals surface area contributed by atoms with Crippen molar-refractivity contribution in [3.05, 3.63) is 12.3 Å². The molecule has 2 saturated heterocycles. The summed E-state index contributed by atoms with van der Waals surface area (Å²) in [7, 11) is 2.17. The van der Waals surface area contributed by atoms with Crippen LogP contribution in [0.5, 0.6) is 0 Å². The fraction of sp³-hybridized carbons (Fsp3) is 0.880. The normalized spacial score (nSPS) is 25.7. The summed E-state index contributed by atoms with van der Waals surface area (Å²) >= 11 is 0. The molecule has 2 aliphatic heterocycles. The third-order valence-corrected chi connectivity index (χ3v) is 6.83. The molecule has 2 atom stereocenters. The predicted molar refractivity (Wildman–Crippen MR) is 123 cm³/mol. The number of esters is 1. The highest BCUT2D eigenvalue weighted by Crippen LogP contribution is 2.47. The van der Waals surface area contributed by atoms with Crippen LogP contribution < -0.4 is 0 Å². The third-order valence-electron chi connectivity index (χ3n) is 6.83. The number of piperidine rings is 1. The first-order valence-electron chi connectivity index (χ1n) is 12.1. The molecule has 180 valence electrons. The highest BCUT2D eigenvalue weighted by Gasteiger charge is 2.55. The molecule has 2 fully saturated rings. The minimum absolute atomic E-state index is 0.0171. The lowest BCUT2D eigenvalue weighted by Crippen LogP contribution is -2.64. The Morgan fingerprint density at radius 1 is 1.13 bits per heavy atom. The average molecular weight is 440 g/mol. The quantitative estimate of drug-likeness (QED) is 0.191. The topological polar surface area (TPSA) is 57.2 Å². The number of carbonyl (C=O) groups excluding carboxylic acids is 1. The van der Waals surface area contributed by atoms with Crippen molar-refractivity contribution in [3.63, 3.8) is 0 Å². The van der Waals surface area contributed by atoms with Gasteiger partial charge in [-0.25, -0.2) is 4.79 Å². The van der Waals surface area contributed by atoms with E-state index in [2.05, 4.69) is 53.5 Å². The minimum Gasteiger partial charge on any atom is -0.498 e. The second kappa shape index (κ2) is 11.2. The summed E-state index contributed by atoms with van der Waals surface area (Å²) < 4.78 is 23.6. The molecule has 2 unspecified atom stereocenters. The number of likely N-dealkylation sites (tertiary alicyclic amines) is 1. The van der Waals surface area contributed by atoms with Crippen molar-refractivity contribution in [2.45, 2.75) is 122 Å². The van der Waals surface area contributed by atoms with Crippen molar-refractivity contribution in [1.82, 2.24) is 4.90 Å². The summed E-state index contributed by atoms with van der Waals surface area (Å²) in [5, 5.41) is 0. The first-order valence-corrected chi connectivity index (χ1v) is 12.1. The molecule has 0 aromatic rings. The Kier molecular flexibility index (Phi) is 9.41. The molecule has 0 saturated carbocycles. The summed E-state index contributed by atoms with van der Waals surface area (Å²) in [4.78, 5) is 14.5. The minimum atomic E-state index is -0.567.